The summed E-state index contributed by atoms with van der Waals surface area (Å²) < 4.78 is 0. The Balaban J connectivity index is 1.92. The van der Waals surface area contributed by atoms with E-state index in [-0.39, 0.29) is 24.7 Å². The lowest BCUT2D eigenvalue weighted by atomic mass is 9.86. The lowest BCUT2D eigenvalue weighted by Crippen LogP contribution is -2.43. The molecule has 0 saturated carbocycles. The van der Waals surface area contributed by atoms with Gasteiger partial charge in [0.05, 0.1) is 0 Å². The highest BCUT2D eigenvalue weighted by molar-refractivity contribution is 6.31. The smallest absolute Gasteiger partial charge is 0.303 e. The Labute approximate surface area is 152 Å². The molecule has 0 aliphatic carbocycles. The lowest BCUT2D eigenvalue weighted by molar-refractivity contribution is -0.137. The molecule has 1 fully saturated rings. The number of carbonyl (C=O) groups is 3. The molecule has 0 aromatic heterocycles. The van der Waals surface area contributed by atoms with Crippen LogP contribution < -0.4 is 5.32 Å². The Bertz CT molecular complexity index is 664. The molecule has 0 bridgehead atoms. The van der Waals surface area contributed by atoms with E-state index in [9.17, 15) is 14.4 Å². The summed E-state index contributed by atoms with van der Waals surface area (Å²) in [5, 5.41) is 12.4. The van der Waals surface area contributed by atoms with Crippen LogP contribution in [0.1, 0.15) is 44.1 Å². The predicted octanol–water partition coefficient (Wildman–Crippen LogP) is 2.59. The summed E-state index contributed by atoms with van der Waals surface area (Å²) in [4.78, 5) is 36.5. The third-order valence-corrected chi connectivity index (χ3v) is 5.03. The third kappa shape index (κ3) is 5.46. The quantitative estimate of drug-likeness (QED) is 0.740. The van der Waals surface area contributed by atoms with Crippen molar-refractivity contribution in [3.8, 4) is 0 Å². The minimum Gasteiger partial charge on any atom is -0.481 e. The Morgan fingerprint density at radius 3 is 2.56 bits per heavy atom. The van der Waals surface area contributed by atoms with E-state index in [1.54, 1.807) is 18.0 Å². The number of carbonyl (C=O) groups excluding carboxylic acids is 2. The van der Waals surface area contributed by atoms with Crippen molar-refractivity contribution >= 4 is 29.4 Å². The van der Waals surface area contributed by atoms with Crippen LogP contribution in [0.25, 0.3) is 0 Å². The van der Waals surface area contributed by atoms with E-state index in [0.717, 1.165) is 5.56 Å². The second-order valence-electron chi connectivity index (χ2n) is 6.56. The molecular formula is C18H23ClN2O4. The number of amides is 2. The van der Waals surface area contributed by atoms with Crippen LogP contribution in [0.5, 0.6) is 0 Å². The first-order chi connectivity index (χ1) is 11.8. The van der Waals surface area contributed by atoms with Crippen LogP contribution in [0.2, 0.25) is 5.02 Å². The van der Waals surface area contributed by atoms with Crippen LogP contribution in [0.15, 0.2) is 24.3 Å². The number of carboxylic acids is 1. The fraction of sp³-hybridized carbons (Fsp3) is 0.500. The van der Waals surface area contributed by atoms with Gasteiger partial charge < -0.3 is 15.3 Å². The molecule has 2 amide bonds. The van der Waals surface area contributed by atoms with Crippen LogP contribution in [0, 0.1) is 0 Å². The number of hydrogen-bond donors (Lipinski definition) is 2. The van der Waals surface area contributed by atoms with Gasteiger partial charge in [0.25, 0.3) is 0 Å². The third-order valence-electron chi connectivity index (χ3n) is 4.66. The van der Waals surface area contributed by atoms with E-state index in [4.69, 9.17) is 16.7 Å². The molecule has 1 aliphatic heterocycles. The zero-order valence-electron chi connectivity index (χ0n) is 14.3. The maximum absolute atomic E-state index is 12.4. The Morgan fingerprint density at radius 1 is 1.28 bits per heavy atom. The average molecular weight is 367 g/mol. The molecule has 7 heteroatoms. The van der Waals surface area contributed by atoms with E-state index in [1.807, 2.05) is 18.2 Å². The van der Waals surface area contributed by atoms with E-state index in [1.165, 1.54) is 0 Å². The van der Waals surface area contributed by atoms with Crippen molar-refractivity contribution in [3.05, 3.63) is 34.9 Å². The lowest BCUT2D eigenvalue weighted by Gasteiger charge is -2.29. The second kappa shape index (κ2) is 8.34. The molecule has 0 spiro atoms. The van der Waals surface area contributed by atoms with E-state index < -0.39 is 11.5 Å². The minimum atomic E-state index is -0.900. The Morgan fingerprint density at radius 2 is 1.96 bits per heavy atom. The number of nitrogens with one attached hydrogen (secondary N) is 1. The van der Waals surface area contributed by atoms with Crippen molar-refractivity contribution < 1.29 is 19.5 Å². The van der Waals surface area contributed by atoms with Gasteiger partial charge in [-0.05, 0) is 30.9 Å². The van der Waals surface area contributed by atoms with Crippen molar-refractivity contribution in [2.45, 2.75) is 50.6 Å². The van der Waals surface area contributed by atoms with Gasteiger partial charge in [0.1, 0.15) is 0 Å². The zero-order valence-corrected chi connectivity index (χ0v) is 15.0. The maximum Gasteiger partial charge on any atom is 0.303 e. The van der Waals surface area contributed by atoms with Crippen molar-refractivity contribution in [2.75, 3.05) is 7.05 Å². The first-order valence-electron chi connectivity index (χ1n) is 8.31. The van der Waals surface area contributed by atoms with Gasteiger partial charge >= 0.3 is 5.97 Å². The summed E-state index contributed by atoms with van der Waals surface area (Å²) in [6.07, 6.45) is 1.96. The molecule has 1 saturated heterocycles. The number of carboxylic acid groups (broad SMARTS) is 1. The molecule has 2 rings (SSSR count). The highest BCUT2D eigenvalue weighted by atomic mass is 35.5. The van der Waals surface area contributed by atoms with Crippen LogP contribution in [-0.2, 0) is 20.9 Å². The van der Waals surface area contributed by atoms with Crippen LogP contribution in [0.3, 0.4) is 0 Å². The Kier molecular flexibility index (Phi) is 6.42. The summed E-state index contributed by atoms with van der Waals surface area (Å²) in [6, 6.07) is 7.36. The number of aliphatic carboxylic acids is 1. The number of nitrogens with zero attached hydrogens (tertiary/aromatic N) is 1. The molecule has 1 aromatic rings. The van der Waals surface area contributed by atoms with Gasteiger partial charge in [-0.2, -0.15) is 0 Å². The molecule has 0 unspecified atom stereocenters. The standard InChI is InChI=1S/C18H23ClN2O4/c1-21(12-13-4-2-3-5-14(13)19)16(23)7-10-18(11-8-17(24)25)9-6-15(22)20-18/h2-5H,6-12H2,1H3,(H,20,22)(H,24,25)/t18-/m0/s1. The summed E-state index contributed by atoms with van der Waals surface area (Å²) in [6.45, 7) is 0.410. The Hall–Kier alpha value is -2.08. The fourth-order valence-electron chi connectivity index (χ4n) is 3.13. The van der Waals surface area contributed by atoms with Crippen LogP contribution in [-0.4, -0.2) is 40.4 Å². The maximum atomic E-state index is 12.4. The number of rotatable bonds is 8. The van der Waals surface area contributed by atoms with Crippen LogP contribution >= 0.6 is 11.6 Å². The van der Waals surface area contributed by atoms with Gasteiger partial charge in [-0.1, -0.05) is 29.8 Å². The first kappa shape index (κ1) is 19.2. The van der Waals surface area contributed by atoms with Crippen molar-refractivity contribution in [3.63, 3.8) is 0 Å². The van der Waals surface area contributed by atoms with Crippen molar-refractivity contribution in [2.24, 2.45) is 0 Å². The molecule has 1 aliphatic rings. The molecule has 1 aromatic carbocycles. The SMILES string of the molecule is CN(Cc1ccccc1Cl)C(=O)CC[C@]1(CCC(=O)O)CCC(=O)N1. The number of halogens is 1. The first-order valence-corrected chi connectivity index (χ1v) is 8.69. The van der Waals surface area contributed by atoms with Gasteiger partial charge in [-0.25, -0.2) is 0 Å². The summed E-state index contributed by atoms with van der Waals surface area (Å²) in [5.74, 6) is -1.04. The van der Waals surface area contributed by atoms with Gasteiger partial charge in [0.15, 0.2) is 0 Å². The monoisotopic (exact) mass is 366 g/mol. The summed E-state index contributed by atoms with van der Waals surface area (Å²) in [7, 11) is 1.71. The normalized spacial score (nSPS) is 19.5. The summed E-state index contributed by atoms with van der Waals surface area (Å²) >= 11 is 6.12. The molecule has 1 heterocycles. The largest absolute Gasteiger partial charge is 0.481 e. The zero-order chi connectivity index (χ0) is 18.4. The number of benzene rings is 1. The van der Waals surface area contributed by atoms with Crippen LogP contribution in [0.4, 0.5) is 0 Å². The molecule has 25 heavy (non-hydrogen) atoms. The fourth-order valence-corrected chi connectivity index (χ4v) is 3.32. The van der Waals surface area contributed by atoms with Crippen molar-refractivity contribution in [1.29, 1.82) is 0 Å². The second-order valence-corrected chi connectivity index (χ2v) is 6.97. The van der Waals surface area contributed by atoms with Gasteiger partial charge in [0, 0.05) is 43.4 Å². The van der Waals surface area contributed by atoms with Crippen molar-refractivity contribution in [1.82, 2.24) is 10.2 Å². The molecule has 0 radical (unpaired) electrons. The molecule has 2 N–H and O–H groups in total. The highest BCUT2D eigenvalue weighted by Gasteiger charge is 2.38. The summed E-state index contributed by atoms with van der Waals surface area (Å²) in [5.41, 5.74) is 0.283. The molecular weight excluding hydrogens is 344 g/mol. The highest BCUT2D eigenvalue weighted by Crippen LogP contribution is 2.30. The predicted molar refractivity (Wildman–Crippen MR) is 94.1 cm³/mol. The minimum absolute atomic E-state index is 0.0239. The van der Waals surface area contributed by atoms with Gasteiger partial charge in [-0.15, -0.1) is 0 Å². The van der Waals surface area contributed by atoms with Gasteiger partial charge in [0.2, 0.25) is 11.8 Å². The van der Waals surface area contributed by atoms with E-state index in [0.29, 0.717) is 37.3 Å². The van der Waals surface area contributed by atoms with E-state index in [2.05, 4.69) is 5.32 Å². The topological polar surface area (TPSA) is 86.7 Å². The number of hydrogen-bond acceptors (Lipinski definition) is 3. The average Bonchev–Trinajstić information content (AvgIpc) is 2.94. The molecule has 136 valence electrons. The molecule has 1 atom stereocenters. The molecule has 6 nitrogen and oxygen atoms in total. The van der Waals surface area contributed by atoms with E-state index >= 15 is 0 Å². The van der Waals surface area contributed by atoms with Gasteiger partial charge in [-0.3, -0.25) is 14.4 Å².